The molecule has 0 spiro atoms. The molecule has 0 aromatic carbocycles. The van der Waals surface area contributed by atoms with Crippen molar-refractivity contribution in [1.29, 1.82) is 0 Å². The largest absolute Gasteiger partial charge is 0.396 e. The van der Waals surface area contributed by atoms with Crippen molar-refractivity contribution in [2.75, 3.05) is 17.7 Å². The lowest BCUT2D eigenvalue weighted by molar-refractivity contribution is 0.222. The predicted molar refractivity (Wildman–Crippen MR) is 73.6 cm³/mol. The average molecular weight is 252 g/mol. The first-order chi connectivity index (χ1) is 8.54. The Hall–Kier alpha value is -1.23. The van der Waals surface area contributed by atoms with E-state index in [9.17, 15) is 5.11 Å². The third kappa shape index (κ3) is 2.32. The van der Waals surface area contributed by atoms with Crippen molar-refractivity contribution in [3.63, 3.8) is 0 Å². The van der Waals surface area contributed by atoms with Gasteiger partial charge < -0.3 is 16.2 Å². The van der Waals surface area contributed by atoms with Crippen LogP contribution in [0.3, 0.4) is 0 Å². The Balaban J connectivity index is 2.22. The molecule has 1 heterocycles. The first-order valence-electron chi connectivity index (χ1n) is 6.76. The number of aliphatic hydroxyl groups is 1. The summed E-state index contributed by atoms with van der Waals surface area (Å²) in [6.07, 6.45) is 3.34. The number of hydrogen-bond donors (Lipinski definition) is 3. The SMILES string of the molecule is Cc1nn(C(C)C)c(NC2CCCC2CO)c1N. The summed E-state index contributed by atoms with van der Waals surface area (Å²) in [5.74, 6) is 1.24. The van der Waals surface area contributed by atoms with Crippen molar-refractivity contribution in [3.8, 4) is 0 Å². The Morgan fingerprint density at radius 1 is 1.50 bits per heavy atom. The van der Waals surface area contributed by atoms with E-state index in [2.05, 4.69) is 24.3 Å². The normalized spacial score (nSPS) is 23.8. The van der Waals surface area contributed by atoms with Crippen molar-refractivity contribution in [1.82, 2.24) is 9.78 Å². The van der Waals surface area contributed by atoms with Gasteiger partial charge in [-0.2, -0.15) is 5.10 Å². The van der Waals surface area contributed by atoms with Gasteiger partial charge in [0.1, 0.15) is 5.82 Å². The molecule has 1 aliphatic carbocycles. The van der Waals surface area contributed by atoms with E-state index >= 15 is 0 Å². The van der Waals surface area contributed by atoms with Crippen LogP contribution in [-0.4, -0.2) is 27.5 Å². The van der Waals surface area contributed by atoms with Crippen LogP contribution in [0.5, 0.6) is 0 Å². The monoisotopic (exact) mass is 252 g/mol. The number of aryl methyl sites for hydroxylation is 1. The quantitative estimate of drug-likeness (QED) is 0.765. The zero-order chi connectivity index (χ0) is 13.3. The van der Waals surface area contributed by atoms with E-state index < -0.39 is 0 Å². The lowest BCUT2D eigenvalue weighted by atomic mass is 10.1. The molecule has 1 aromatic rings. The molecule has 0 bridgehead atoms. The minimum atomic E-state index is 0.242. The standard InChI is InChI=1S/C13H24N4O/c1-8(2)17-13(12(14)9(3)16-17)15-11-6-4-5-10(11)7-18/h8,10-11,15,18H,4-7,14H2,1-3H3. The molecular weight excluding hydrogens is 228 g/mol. The van der Waals surface area contributed by atoms with Crippen LogP contribution in [0.2, 0.25) is 0 Å². The van der Waals surface area contributed by atoms with Crippen molar-refractivity contribution in [3.05, 3.63) is 5.69 Å². The van der Waals surface area contributed by atoms with Gasteiger partial charge >= 0.3 is 0 Å². The summed E-state index contributed by atoms with van der Waals surface area (Å²) in [5, 5.41) is 17.3. The summed E-state index contributed by atoms with van der Waals surface area (Å²) in [4.78, 5) is 0. The highest BCUT2D eigenvalue weighted by Gasteiger charge is 2.28. The summed E-state index contributed by atoms with van der Waals surface area (Å²) >= 11 is 0. The van der Waals surface area contributed by atoms with E-state index in [0.717, 1.165) is 36.5 Å². The average Bonchev–Trinajstić information content (AvgIpc) is 2.88. The van der Waals surface area contributed by atoms with Gasteiger partial charge in [0.05, 0.1) is 11.4 Å². The van der Waals surface area contributed by atoms with E-state index in [1.165, 1.54) is 0 Å². The lowest BCUT2D eigenvalue weighted by Crippen LogP contribution is -2.28. The Morgan fingerprint density at radius 2 is 2.22 bits per heavy atom. The number of nitrogen functional groups attached to an aromatic ring is 1. The number of rotatable bonds is 4. The number of nitrogens with zero attached hydrogens (tertiary/aromatic N) is 2. The molecular formula is C13H24N4O. The van der Waals surface area contributed by atoms with Gasteiger partial charge in [-0.1, -0.05) is 6.42 Å². The molecule has 5 heteroatoms. The molecule has 0 amide bonds. The minimum absolute atomic E-state index is 0.242. The maximum absolute atomic E-state index is 9.37. The number of nitrogens with two attached hydrogens (primary N) is 1. The fourth-order valence-corrected chi connectivity index (χ4v) is 2.70. The van der Waals surface area contributed by atoms with Gasteiger partial charge in [0, 0.05) is 24.6 Å². The first kappa shape index (κ1) is 13.2. The van der Waals surface area contributed by atoms with Crippen molar-refractivity contribution < 1.29 is 5.11 Å². The number of aromatic nitrogens is 2. The van der Waals surface area contributed by atoms with E-state index in [0.29, 0.717) is 12.0 Å². The summed E-state index contributed by atoms with van der Waals surface area (Å²) in [7, 11) is 0. The van der Waals surface area contributed by atoms with Crippen LogP contribution < -0.4 is 11.1 Å². The van der Waals surface area contributed by atoms with E-state index in [1.54, 1.807) is 0 Å². The Labute approximate surface area is 108 Å². The van der Waals surface area contributed by atoms with Gasteiger partial charge in [-0.3, -0.25) is 0 Å². The van der Waals surface area contributed by atoms with Gasteiger partial charge in [0.15, 0.2) is 0 Å². The van der Waals surface area contributed by atoms with Gasteiger partial charge in [-0.05, 0) is 33.6 Å². The lowest BCUT2D eigenvalue weighted by Gasteiger charge is -2.22. The molecule has 1 aliphatic rings. The van der Waals surface area contributed by atoms with E-state index in [4.69, 9.17) is 5.73 Å². The van der Waals surface area contributed by atoms with E-state index in [1.807, 2.05) is 11.6 Å². The molecule has 5 nitrogen and oxygen atoms in total. The number of hydrogen-bond acceptors (Lipinski definition) is 4. The van der Waals surface area contributed by atoms with Crippen LogP contribution in [0.15, 0.2) is 0 Å². The first-order valence-corrected chi connectivity index (χ1v) is 6.76. The second-order valence-corrected chi connectivity index (χ2v) is 5.51. The molecule has 1 saturated carbocycles. The van der Waals surface area contributed by atoms with Gasteiger partial charge in [0.2, 0.25) is 0 Å². The molecule has 0 aliphatic heterocycles. The molecule has 2 unspecified atom stereocenters. The zero-order valence-electron chi connectivity index (χ0n) is 11.5. The van der Waals surface area contributed by atoms with Crippen LogP contribution in [0.1, 0.15) is 44.8 Å². The van der Waals surface area contributed by atoms with Crippen LogP contribution >= 0.6 is 0 Å². The molecule has 1 aromatic heterocycles. The second kappa shape index (κ2) is 5.18. The summed E-state index contributed by atoms with van der Waals surface area (Å²) in [6, 6.07) is 0.586. The van der Waals surface area contributed by atoms with Crippen LogP contribution in [0, 0.1) is 12.8 Å². The predicted octanol–water partition coefficient (Wildman–Crippen LogP) is 1.93. The number of aliphatic hydroxyl groups excluding tert-OH is 1. The smallest absolute Gasteiger partial charge is 0.148 e. The van der Waals surface area contributed by atoms with Crippen LogP contribution in [0.25, 0.3) is 0 Å². The Bertz CT molecular complexity index is 413. The number of anilines is 2. The highest BCUT2D eigenvalue weighted by atomic mass is 16.3. The maximum Gasteiger partial charge on any atom is 0.148 e. The molecule has 0 radical (unpaired) electrons. The molecule has 1 fully saturated rings. The van der Waals surface area contributed by atoms with Gasteiger partial charge in [-0.15, -0.1) is 0 Å². The topological polar surface area (TPSA) is 76.1 Å². The molecule has 0 saturated heterocycles. The van der Waals surface area contributed by atoms with Crippen LogP contribution in [0.4, 0.5) is 11.5 Å². The van der Waals surface area contributed by atoms with Crippen LogP contribution in [-0.2, 0) is 0 Å². The fourth-order valence-electron chi connectivity index (χ4n) is 2.70. The highest BCUT2D eigenvalue weighted by molar-refractivity contribution is 5.65. The maximum atomic E-state index is 9.37. The third-order valence-corrected chi connectivity index (χ3v) is 3.84. The zero-order valence-corrected chi connectivity index (χ0v) is 11.5. The van der Waals surface area contributed by atoms with Gasteiger partial charge in [-0.25, -0.2) is 4.68 Å². The Kier molecular flexibility index (Phi) is 3.80. The second-order valence-electron chi connectivity index (χ2n) is 5.51. The molecule has 2 rings (SSSR count). The highest BCUT2D eigenvalue weighted by Crippen LogP contribution is 2.32. The summed E-state index contributed by atoms with van der Waals surface area (Å²) in [5.41, 5.74) is 7.69. The van der Waals surface area contributed by atoms with E-state index in [-0.39, 0.29) is 12.6 Å². The summed E-state index contributed by atoms with van der Waals surface area (Å²) < 4.78 is 1.94. The van der Waals surface area contributed by atoms with Crippen molar-refractivity contribution in [2.45, 2.75) is 52.1 Å². The fraction of sp³-hybridized carbons (Fsp3) is 0.769. The molecule has 4 N–H and O–H groups in total. The molecule has 2 atom stereocenters. The minimum Gasteiger partial charge on any atom is -0.396 e. The molecule has 102 valence electrons. The van der Waals surface area contributed by atoms with Crippen molar-refractivity contribution >= 4 is 11.5 Å². The summed E-state index contributed by atoms with van der Waals surface area (Å²) in [6.45, 7) is 6.36. The Morgan fingerprint density at radius 3 is 2.83 bits per heavy atom. The van der Waals surface area contributed by atoms with Crippen molar-refractivity contribution in [2.24, 2.45) is 5.92 Å². The third-order valence-electron chi connectivity index (χ3n) is 3.84. The number of nitrogens with one attached hydrogen (secondary N) is 1. The molecule has 18 heavy (non-hydrogen) atoms. The van der Waals surface area contributed by atoms with Gasteiger partial charge in [0.25, 0.3) is 0 Å².